The Morgan fingerprint density at radius 3 is 3.00 bits per heavy atom. The van der Waals surface area contributed by atoms with Crippen molar-refractivity contribution in [1.82, 2.24) is 4.98 Å². The van der Waals surface area contributed by atoms with Crippen molar-refractivity contribution in [3.63, 3.8) is 0 Å². The summed E-state index contributed by atoms with van der Waals surface area (Å²) in [6.07, 6.45) is 3.55. The zero-order valence-electron chi connectivity index (χ0n) is 11.9. The molecular formula is C15H19N3O2. The van der Waals surface area contributed by atoms with E-state index in [4.69, 9.17) is 4.74 Å². The molecular weight excluding hydrogens is 254 g/mol. The van der Waals surface area contributed by atoms with Crippen molar-refractivity contribution in [2.75, 3.05) is 11.9 Å². The van der Waals surface area contributed by atoms with Crippen molar-refractivity contribution in [1.29, 1.82) is 5.26 Å². The minimum atomic E-state index is -0.552. The summed E-state index contributed by atoms with van der Waals surface area (Å²) in [7, 11) is 0. The number of carbonyl (C=O) groups excluding carboxylic acids is 1. The summed E-state index contributed by atoms with van der Waals surface area (Å²) in [6, 6.07) is 3.95. The van der Waals surface area contributed by atoms with Gasteiger partial charge in [-0.2, -0.15) is 5.26 Å². The molecule has 0 fully saturated rings. The van der Waals surface area contributed by atoms with E-state index in [9.17, 15) is 10.1 Å². The van der Waals surface area contributed by atoms with Gasteiger partial charge in [0.1, 0.15) is 12.2 Å². The smallest absolute Gasteiger partial charge is 0.254 e. The minimum Gasteiger partial charge on any atom is -0.369 e. The van der Waals surface area contributed by atoms with Crippen LogP contribution in [0.1, 0.15) is 43.5 Å². The highest BCUT2D eigenvalue weighted by Gasteiger charge is 2.19. The molecule has 2 rings (SSSR count). The highest BCUT2D eigenvalue weighted by Crippen LogP contribution is 2.24. The molecule has 1 aliphatic carbocycles. The maximum atomic E-state index is 12.0. The molecule has 0 saturated carbocycles. The molecule has 20 heavy (non-hydrogen) atoms. The molecule has 1 aromatic rings. The van der Waals surface area contributed by atoms with E-state index in [0.29, 0.717) is 18.0 Å². The number of pyridine rings is 1. The first-order valence-corrected chi connectivity index (χ1v) is 7.01. The Bertz CT molecular complexity index is 549. The lowest BCUT2D eigenvalue weighted by Crippen LogP contribution is -2.28. The first kappa shape index (κ1) is 14.5. The molecule has 106 valence electrons. The van der Waals surface area contributed by atoms with E-state index in [1.54, 1.807) is 6.92 Å². The van der Waals surface area contributed by atoms with Gasteiger partial charge in [0.15, 0.2) is 5.82 Å². The predicted octanol–water partition coefficient (Wildman–Crippen LogP) is 2.20. The molecule has 0 spiro atoms. The van der Waals surface area contributed by atoms with Crippen LogP contribution in [0.5, 0.6) is 0 Å². The summed E-state index contributed by atoms with van der Waals surface area (Å²) < 4.78 is 5.24. The van der Waals surface area contributed by atoms with Crippen molar-refractivity contribution >= 4 is 11.7 Å². The molecule has 0 unspecified atom stereocenters. The molecule has 1 aliphatic rings. The Morgan fingerprint density at radius 2 is 2.30 bits per heavy atom. The van der Waals surface area contributed by atoms with Crippen LogP contribution in [-0.4, -0.2) is 23.6 Å². The number of hydrogen-bond acceptors (Lipinski definition) is 4. The molecule has 0 aliphatic heterocycles. The Balaban J connectivity index is 2.23. The number of carbonyl (C=O) groups is 1. The maximum absolute atomic E-state index is 12.0. The molecule has 5 heteroatoms. The van der Waals surface area contributed by atoms with Crippen LogP contribution in [0.15, 0.2) is 6.07 Å². The van der Waals surface area contributed by atoms with Crippen LogP contribution in [0.4, 0.5) is 5.82 Å². The van der Waals surface area contributed by atoms with Gasteiger partial charge in [0.25, 0.3) is 5.91 Å². The van der Waals surface area contributed by atoms with Crippen LogP contribution < -0.4 is 5.32 Å². The molecule has 0 saturated heterocycles. The monoisotopic (exact) mass is 273 g/mol. The highest BCUT2D eigenvalue weighted by atomic mass is 16.5. The summed E-state index contributed by atoms with van der Waals surface area (Å²) in [6.45, 7) is 3.99. The maximum Gasteiger partial charge on any atom is 0.254 e. The molecule has 0 aromatic carbocycles. The zero-order valence-corrected chi connectivity index (χ0v) is 11.9. The van der Waals surface area contributed by atoms with Crippen LogP contribution in [-0.2, 0) is 22.4 Å². The van der Waals surface area contributed by atoms with E-state index in [1.807, 2.05) is 13.0 Å². The number of nitrogens with zero attached hydrogens (tertiary/aromatic N) is 2. The Kier molecular flexibility index (Phi) is 4.70. The number of aromatic nitrogens is 1. The van der Waals surface area contributed by atoms with E-state index in [-0.39, 0.29) is 5.91 Å². The quantitative estimate of drug-likeness (QED) is 0.912. The number of anilines is 1. The zero-order chi connectivity index (χ0) is 14.5. The Hall–Kier alpha value is -1.93. The second kappa shape index (κ2) is 6.49. The highest BCUT2D eigenvalue weighted by molar-refractivity contribution is 5.94. The first-order valence-electron chi connectivity index (χ1n) is 7.01. The van der Waals surface area contributed by atoms with E-state index in [2.05, 4.69) is 16.4 Å². The van der Waals surface area contributed by atoms with Gasteiger partial charge in [0.05, 0.1) is 5.56 Å². The van der Waals surface area contributed by atoms with Gasteiger partial charge < -0.3 is 10.1 Å². The van der Waals surface area contributed by atoms with Gasteiger partial charge in [0, 0.05) is 12.3 Å². The fraction of sp³-hybridized carbons (Fsp3) is 0.533. The third-order valence-electron chi connectivity index (χ3n) is 3.45. The van der Waals surface area contributed by atoms with Gasteiger partial charge in [-0.3, -0.25) is 4.79 Å². The number of rotatable bonds is 4. The van der Waals surface area contributed by atoms with Crippen LogP contribution >= 0.6 is 0 Å². The molecule has 1 heterocycles. The molecule has 1 amide bonds. The second-order valence-electron chi connectivity index (χ2n) is 4.90. The van der Waals surface area contributed by atoms with Gasteiger partial charge in [-0.05, 0) is 51.2 Å². The van der Waals surface area contributed by atoms with Crippen LogP contribution in [0.25, 0.3) is 0 Å². The van der Waals surface area contributed by atoms with Crippen molar-refractivity contribution in [2.24, 2.45) is 0 Å². The summed E-state index contributed by atoms with van der Waals surface area (Å²) in [5, 5.41) is 11.9. The third kappa shape index (κ3) is 3.14. The topological polar surface area (TPSA) is 75.0 Å². The fourth-order valence-corrected chi connectivity index (χ4v) is 2.36. The number of nitriles is 1. The summed E-state index contributed by atoms with van der Waals surface area (Å²) in [5.74, 6) is 0.0799. The van der Waals surface area contributed by atoms with E-state index < -0.39 is 6.10 Å². The van der Waals surface area contributed by atoms with Gasteiger partial charge >= 0.3 is 0 Å². The van der Waals surface area contributed by atoms with Crippen LogP contribution in [0.3, 0.4) is 0 Å². The number of amides is 1. The first-order chi connectivity index (χ1) is 9.65. The average molecular weight is 273 g/mol. The van der Waals surface area contributed by atoms with Crippen LogP contribution in [0, 0.1) is 11.3 Å². The number of ether oxygens (including phenoxy) is 1. The lowest BCUT2D eigenvalue weighted by atomic mass is 9.95. The largest absolute Gasteiger partial charge is 0.369 e. The molecule has 1 atom stereocenters. The normalized spacial score (nSPS) is 15.1. The average Bonchev–Trinajstić information content (AvgIpc) is 2.46. The number of fused-ring (bicyclic) bond motifs is 1. The molecule has 0 radical (unpaired) electrons. The van der Waals surface area contributed by atoms with Crippen molar-refractivity contribution in [3.05, 3.63) is 22.9 Å². The van der Waals surface area contributed by atoms with E-state index in [0.717, 1.165) is 36.9 Å². The summed E-state index contributed by atoms with van der Waals surface area (Å²) in [4.78, 5) is 16.4. The molecule has 1 aromatic heterocycles. The van der Waals surface area contributed by atoms with Crippen molar-refractivity contribution < 1.29 is 9.53 Å². The van der Waals surface area contributed by atoms with Gasteiger partial charge in [0.2, 0.25) is 0 Å². The fourth-order valence-electron chi connectivity index (χ4n) is 2.36. The molecule has 1 N–H and O–H groups in total. The lowest BCUT2D eigenvalue weighted by Gasteiger charge is -2.18. The standard InChI is InChI=1S/C15H19N3O2/c1-3-20-10(2)15(19)18-14-12(9-16)8-11-6-4-5-7-13(11)17-14/h8,10H,3-7H2,1-2H3,(H,17,18,19)/t10-/m1/s1. The molecule has 5 nitrogen and oxygen atoms in total. The lowest BCUT2D eigenvalue weighted by molar-refractivity contribution is -0.126. The van der Waals surface area contributed by atoms with Gasteiger partial charge in [-0.1, -0.05) is 0 Å². The SMILES string of the molecule is CCO[C@H](C)C(=O)Nc1nc2c(cc1C#N)CCCC2. The number of aryl methyl sites for hydroxylation is 2. The minimum absolute atomic E-state index is 0.272. The van der Waals surface area contributed by atoms with Crippen molar-refractivity contribution in [2.45, 2.75) is 45.6 Å². The molecule has 0 bridgehead atoms. The second-order valence-corrected chi connectivity index (χ2v) is 4.90. The predicted molar refractivity (Wildman–Crippen MR) is 75.3 cm³/mol. The van der Waals surface area contributed by atoms with Crippen molar-refractivity contribution in [3.8, 4) is 6.07 Å². The summed E-state index contributed by atoms with van der Waals surface area (Å²) >= 11 is 0. The Morgan fingerprint density at radius 1 is 1.55 bits per heavy atom. The van der Waals surface area contributed by atoms with E-state index in [1.165, 1.54) is 0 Å². The van der Waals surface area contributed by atoms with Gasteiger partial charge in [-0.25, -0.2) is 4.98 Å². The number of nitrogens with one attached hydrogen (secondary N) is 1. The van der Waals surface area contributed by atoms with Crippen LogP contribution in [0.2, 0.25) is 0 Å². The summed E-state index contributed by atoms with van der Waals surface area (Å²) in [5.41, 5.74) is 2.54. The number of hydrogen-bond donors (Lipinski definition) is 1. The van der Waals surface area contributed by atoms with Gasteiger partial charge in [-0.15, -0.1) is 0 Å². The third-order valence-corrected chi connectivity index (χ3v) is 3.45. The Labute approximate surface area is 119 Å². The van der Waals surface area contributed by atoms with E-state index >= 15 is 0 Å².